The van der Waals surface area contributed by atoms with Crippen molar-refractivity contribution in [2.45, 2.75) is 77.5 Å². The number of ether oxygens (including phenoxy) is 1. The molecule has 0 bridgehead atoms. The summed E-state index contributed by atoms with van der Waals surface area (Å²) < 4.78 is 5.49. The molecule has 36 heavy (non-hydrogen) atoms. The molecule has 0 spiro atoms. The maximum Gasteiger partial charge on any atom is 0.407 e. The summed E-state index contributed by atoms with van der Waals surface area (Å²) in [5, 5.41) is 15.3. The minimum Gasteiger partial charge on any atom is -0.444 e. The van der Waals surface area contributed by atoms with Crippen LogP contribution in [0.25, 0.3) is 10.8 Å². The van der Waals surface area contributed by atoms with E-state index in [0.29, 0.717) is 18.0 Å². The number of aromatic amines is 1. The molecule has 192 valence electrons. The molecular weight excluding hydrogens is 452 g/mol. The van der Waals surface area contributed by atoms with Gasteiger partial charge in [-0.1, -0.05) is 55.5 Å². The molecule has 0 saturated heterocycles. The van der Waals surface area contributed by atoms with Crippen LogP contribution in [0.3, 0.4) is 0 Å². The van der Waals surface area contributed by atoms with Crippen molar-refractivity contribution >= 4 is 16.9 Å². The molecule has 1 aromatic heterocycles. The van der Waals surface area contributed by atoms with Gasteiger partial charge in [0.25, 0.3) is 5.56 Å². The largest absolute Gasteiger partial charge is 0.444 e. The van der Waals surface area contributed by atoms with Crippen molar-refractivity contribution in [3.63, 3.8) is 0 Å². The fraction of sp³-hybridized carbons (Fsp3) is 0.483. The average Bonchev–Trinajstić information content (AvgIpc) is 2.80. The first-order valence-corrected chi connectivity index (χ1v) is 12.8. The molecule has 1 heterocycles. The molecule has 0 aliphatic heterocycles. The molecule has 4 rings (SSSR count). The Bertz CT molecular complexity index is 1230. The van der Waals surface area contributed by atoms with E-state index in [1.165, 1.54) is 5.56 Å². The van der Waals surface area contributed by atoms with E-state index in [1.54, 1.807) is 0 Å². The minimum absolute atomic E-state index is 0.0641. The number of carbonyl (C=O) groups excluding carboxylic acids is 1. The van der Waals surface area contributed by atoms with Crippen LogP contribution in [0.15, 0.2) is 59.4 Å². The molecule has 2 aromatic carbocycles. The highest BCUT2D eigenvalue weighted by atomic mass is 16.6. The molecule has 7 heteroatoms. The zero-order valence-corrected chi connectivity index (χ0v) is 21.8. The van der Waals surface area contributed by atoms with Crippen LogP contribution in [0, 0.1) is 5.41 Å². The summed E-state index contributed by atoms with van der Waals surface area (Å²) in [4.78, 5) is 24.5. The van der Waals surface area contributed by atoms with Gasteiger partial charge in [0.1, 0.15) is 5.60 Å². The molecule has 0 unspecified atom stereocenters. The van der Waals surface area contributed by atoms with Crippen molar-refractivity contribution < 1.29 is 9.53 Å². The Morgan fingerprint density at radius 2 is 1.78 bits per heavy atom. The Morgan fingerprint density at radius 3 is 2.47 bits per heavy atom. The molecule has 1 fully saturated rings. The van der Waals surface area contributed by atoms with Gasteiger partial charge in [0.2, 0.25) is 0 Å². The van der Waals surface area contributed by atoms with Crippen LogP contribution in [0.1, 0.15) is 58.2 Å². The number of aryl methyl sites for hydroxylation is 1. The van der Waals surface area contributed by atoms with E-state index in [1.807, 2.05) is 63.2 Å². The van der Waals surface area contributed by atoms with E-state index in [2.05, 4.69) is 39.9 Å². The lowest BCUT2D eigenvalue weighted by Gasteiger charge is -2.46. The maximum absolute atomic E-state index is 12.4. The van der Waals surface area contributed by atoms with Crippen LogP contribution in [0.5, 0.6) is 0 Å². The number of alkyl carbamates (subject to hydrolysis) is 1. The number of hydrogen-bond donors (Lipinski definition) is 3. The number of fused-ring (bicyclic) bond motifs is 1. The number of benzene rings is 2. The molecule has 1 aliphatic rings. The van der Waals surface area contributed by atoms with Gasteiger partial charge < -0.3 is 15.4 Å². The van der Waals surface area contributed by atoms with Gasteiger partial charge in [-0.15, -0.1) is 0 Å². The Hall–Kier alpha value is -3.19. The van der Waals surface area contributed by atoms with Gasteiger partial charge in [0.05, 0.1) is 11.1 Å². The van der Waals surface area contributed by atoms with Crippen LogP contribution in [-0.4, -0.2) is 40.5 Å². The number of aromatic nitrogens is 2. The smallest absolute Gasteiger partial charge is 0.407 e. The van der Waals surface area contributed by atoms with Crippen molar-refractivity contribution in [2.75, 3.05) is 6.54 Å². The summed E-state index contributed by atoms with van der Waals surface area (Å²) in [6.07, 6.45) is 4.33. The number of nitrogens with one attached hydrogen (secondary N) is 3. The Morgan fingerprint density at radius 1 is 1.11 bits per heavy atom. The predicted molar refractivity (Wildman–Crippen MR) is 143 cm³/mol. The lowest BCUT2D eigenvalue weighted by molar-refractivity contribution is 0.0492. The third kappa shape index (κ3) is 6.94. The summed E-state index contributed by atoms with van der Waals surface area (Å²) in [5.41, 5.74) is 1.69. The second-order valence-electron chi connectivity index (χ2n) is 11.4. The van der Waals surface area contributed by atoms with E-state index in [0.717, 1.165) is 43.2 Å². The van der Waals surface area contributed by atoms with Crippen LogP contribution in [-0.2, 0) is 17.6 Å². The molecule has 3 N–H and O–H groups in total. The van der Waals surface area contributed by atoms with Gasteiger partial charge in [0, 0.05) is 24.0 Å². The fourth-order valence-corrected chi connectivity index (χ4v) is 5.12. The van der Waals surface area contributed by atoms with E-state index < -0.39 is 5.60 Å². The SMILES string of the molecule is CC(C)(C)OC(=O)N[C@H](CN[C@H]1C[C@](C)(CCc2n[nH]c(=O)c3ccccc23)C1)Cc1ccccc1. The summed E-state index contributed by atoms with van der Waals surface area (Å²) in [5.74, 6) is 0. The highest BCUT2D eigenvalue weighted by Crippen LogP contribution is 2.44. The minimum atomic E-state index is -0.531. The number of hydrogen-bond acceptors (Lipinski definition) is 5. The van der Waals surface area contributed by atoms with E-state index in [4.69, 9.17) is 4.74 Å². The zero-order chi connectivity index (χ0) is 25.8. The number of rotatable bonds is 9. The Labute approximate surface area is 213 Å². The van der Waals surface area contributed by atoms with Crippen LogP contribution >= 0.6 is 0 Å². The van der Waals surface area contributed by atoms with Gasteiger partial charge in [0.15, 0.2) is 0 Å². The fourth-order valence-electron chi connectivity index (χ4n) is 5.12. The first kappa shape index (κ1) is 25.9. The average molecular weight is 491 g/mol. The van der Waals surface area contributed by atoms with E-state index >= 15 is 0 Å². The highest BCUT2D eigenvalue weighted by molar-refractivity contribution is 5.83. The lowest BCUT2D eigenvalue weighted by atomic mass is 9.64. The summed E-state index contributed by atoms with van der Waals surface area (Å²) in [6.45, 7) is 8.62. The lowest BCUT2D eigenvalue weighted by Crippen LogP contribution is -2.53. The van der Waals surface area contributed by atoms with Gasteiger partial charge in [-0.05, 0) is 69.9 Å². The predicted octanol–water partition coefficient (Wildman–Crippen LogP) is 4.75. The van der Waals surface area contributed by atoms with Gasteiger partial charge >= 0.3 is 6.09 Å². The summed E-state index contributed by atoms with van der Waals surface area (Å²) >= 11 is 0. The van der Waals surface area contributed by atoms with Gasteiger partial charge in [-0.25, -0.2) is 9.89 Å². The number of nitrogens with zero attached hydrogens (tertiary/aromatic N) is 1. The van der Waals surface area contributed by atoms with Crippen molar-refractivity contribution in [1.82, 2.24) is 20.8 Å². The monoisotopic (exact) mass is 490 g/mol. The van der Waals surface area contributed by atoms with Crippen molar-refractivity contribution in [1.29, 1.82) is 0 Å². The first-order chi connectivity index (χ1) is 17.1. The number of amides is 1. The topological polar surface area (TPSA) is 96.1 Å². The second kappa shape index (κ2) is 10.8. The molecule has 0 radical (unpaired) electrons. The standard InChI is InChI=1S/C29H38N4O3/c1-28(2,3)36-27(35)31-21(16-20-10-6-5-7-11-20)19-30-22-17-29(4,18-22)15-14-25-23-12-8-9-13-24(23)26(34)33-32-25/h5-13,21-22,30H,14-19H2,1-4H3,(H,31,35)(H,33,34)/t21-,22-,29-/m0/s1. The number of H-pyrrole nitrogens is 1. The molecule has 3 aromatic rings. The summed E-state index contributed by atoms with van der Waals surface area (Å²) in [7, 11) is 0. The third-order valence-corrected chi connectivity index (χ3v) is 6.92. The Balaban J connectivity index is 1.30. The normalized spacial score (nSPS) is 20.5. The molecule has 1 atom stereocenters. The zero-order valence-electron chi connectivity index (χ0n) is 21.8. The van der Waals surface area contributed by atoms with Crippen molar-refractivity contribution in [2.24, 2.45) is 5.41 Å². The molecule has 1 aliphatic carbocycles. The molecule has 7 nitrogen and oxygen atoms in total. The van der Waals surface area contributed by atoms with Gasteiger partial charge in [-0.3, -0.25) is 4.79 Å². The van der Waals surface area contributed by atoms with Crippen LogP contribution in [0.4, 0.5) is 4.79 Å². The van der Waals surface area contributed by atoms with Crippen LogP contribution < -0.4 is 16.2 Å². The molecular formula is C29H38N4O3. The van der Waals surface area contributed by atoms with E-state index in [-0.39, 0.29) is 23.1 Å². The van der Waals surface area contributed by atoms with Crippen LogP contribution in [0.2, 0.25) is 0 Å². The second-order valence-corrected chi connectivity index (χ2v) is 11.4. The maximum atomic E-state index is 12.4. The highest BCUT2D eigenvalue weighted by Gasteiger charge is 2.39. The number of carbonyl (C=O) groups is 1. The third-order valence-electron chi connectivity index (χ3n) is 6.92. The van der Waals surface area contributed by atoms with Crippen molar-refractivity contribution in [3.8, 4) is 0 Å². The summed E-state index contributed by atoms with van der Waals surface area (Å²) in [6, 6.07) is 18.2. The molecule has 1 saturated carbocycles. The van der Waals surface area contributed by atoms with Gasteiger partial charge in [-0.2, -0.15) is 5.10 Å². The quantitative estimate of drug-likeness (QED) is 0.402. The van der Waals surface area contributed by atoms with Crippen molar-refractivity contribution in [3.05, 3.63) is 76.2 Å². The molecule has 1 amide bonds. The Kier molecular flexibility index (Phi) is 7.79. The first-order valence-electron chi connectivity index (χ1n) is 12.8. The van der Waals surface area contributed by atoms with E-state index in [9.17, 15) is 9.59 Å².